The fourth-order valence-corrected chi connectivity index (χ4v) is 1.95. The molecule has 0 radical (unpaired) electrons. The first-order valence-electron chi connectivity index (χ1n) is 4.82. The Balaban J connectivity index is 2.22. The van der Waals surface area contributed by atoms with Crippen LogP contribution in [0.2, 0.25) is 0 Å². The molecule has 0 heterocycles. The number of rotatable bonds is 3. The van der Waals surface area contributed by atoms with Gasteiger partial charge in [0.2, 0.25) is 0 Å². The summed E-state index contributed by atoms with van der Waals surface area (Å²) in [7, 11) is 0. The van der Waals surface area contributed by atoms with Crippen LogP contribution in [0, 0.1) is 5.92 Å². The van der Waals surface area contributed by atoms with Crippen molar-refractivity contribution in [1.82, 2.24) is 5.32 Å². The minimum atomic E-state index is -0.896. The second-order valence-electron chi connectivity index (χ2n) is 3.69. The quantitative estimate of drug-likeness (QED) is 0.660. The van der Waals surface area contributed by atoms with Crippen molar-refractivity contribution in [1.29, 1.82) is 0 Å². The molecule has 3 heteroatoms. The van der Waals surface area contributed by atoms with Crippen molar-refractivity contribution in [3.05, 3.63) is 12.7 Å². The molecule has 0 atom stereocenters. The van der Waals surface area contributed by atoms with Gasteiger partial charge in [0, 0.05) is 6.04 Å². The molecule has 1 fully saturated rings. The van der Waals surface area contributed by atoms with E-state index < -0.39 is 6.09 Å². The van der Waals surface area contributed by atoms with Gasteiger partial charge in [0.1, 0.15) is 0 Å². The molecule has 2 N–H and O–H groups in total. The molecule has 13 heavy (non-hydrogen) atoms. The van der Waals surface area contributed by atoms with Crippen molar-refractivity contribution < 1.29 is 9.90 Å². The summed E-state index contributed by atoms with van der Waals surface area (Å²) >= 11 is 0. The summed E-state index contributed by atoms with van der Waals surface area (Å²) in [6, 6.07) is 0.179. The molecule has 1 aliphatic carbocycles. The Labute approximate surface area is 78.8 Å². The first-order valence-corrected chi connectivity index (χ1v) is 4.82. The van der Waals surface area contributed by atoms with E-state index in [0.717, 1.165) is 38.0 Å². The summed E-state index contributed by atoms with van der Waals surface area (Å²) in [6.45, 7) is 3.71. The van der Waals surface area contributed by atoms with Crippen LogP contribution in [0.1, 0.15) is 32.1 Å². The third kappa shape index (κ3) is 3.49. The first kappa shape index (κ1) is 10.1. The molecule has 74 valence electrons. The number of carbonyl (C=O) groups is 1. The highest BCUT2D eigenvalue weighted by molar-refractivity contribution is 5.64. The van der Waals surface area contributed by atoms with Crippen LogP contribution in [0.25, 0.3) is 0 Å². The summed E-state index contributed by atoms with van der Waals surface area (Å²) in [6.07, 6.45) is 6.33. The summed E-state index contributed by atoms with van der Waals surface area (Å²) in [5.74, 6) is 0.726. The summed E-state index contributed by atoms with van der Waals surface area (Å²) < 4.78 is 0. The van der Waals surface area contributed by atoms with Gasteiger partial charge >= 0.3 is 6.09 Å². The largest absolute Gasteiger partial charge is 0.465 e. The SMILES string of the molecule is C=CCC1CCC(NC(=O)O)CC1. The van der Waals surface area contributed by atoms with Gasteiger partial charge in [-0.15, -0.1) is 6.58 Å². The van der Waals surface area contributed by atoms with Gasteiger partial charge in [-0.1, -0.05) is 6.08 Å². The minimum absolute atomic E-state index is 0.179. The third-order valence-electron chi connectivity index (χ3n) is 2.67. The molecule has 0 aliphatic heterocycles. The molecule has 0 aromatic rings. The molecule has 1 saturated carbocycles. The lowest BCUT2D eigenvalue weighted by atomic mass is 9.84. The van der Waals surface area contributed by atoms with E-state index in [2.05, 4.69) is 11.9 Å². The van der Waals surface area contributed by atoms with Gasteiger partial charge < -0.3 is 10.4 Å². The van der Waals surface area contributed by atoms with Crippen LogP contribution >= 0.6 is 0 Å². The van der Waals surface area contributed by atoms with E-state index >= 15 is 0 Å². The van der Waals surface area contributed by atoms with Crippen molar-refractivity contribution in [2.45, 2.75) is 38.1 Å². The predicted molar refractivity (Wildman–Crippen MR) is 51.7 cm³/mol. The Morgan fingerprint density at radius 2 is 2.08 bits per heavy atom. The van der Waals surface area contributed by atoms with Gasteiger partial charge in [-0.2, -0.15) is 0 Å². The van der Waals surface area contributed by atoms with Gasteiger partial charge in [-0.25, -0.2) is 4.79 Å². The summed E-state index contributed by atoms with van der Waals surface area (Å²) in [5.41, 5.74) is 0. The maximum atomic E-state index is 10.3. The molecule has 0 saturated heterocycles. The maximum Gasteiger partial charge on any atom is 0.404 e. The zero-order valence-corrected chi connectivity index (χ0v) is 7.83. The number of nitrogens with one attached hydrogen (secondary N) is 1. The van der Waals surface area contributed by atoms with Crippen LogP contribution < -0.4 is 5.32 Å². The van der Waals surface area contributed by atoms with Gasteiger partial charge in [0.15, 0.2) is 0 Å². The number of amides is 1. The van der Waals surface area contributed by atoms with Gasteiger partial charge in [0.25, 0.3) is 0 Å². The molecular weight excluding hydrogens is 166 g/mol. The standard InChI is InChI=1S/C10H17NO2/c1-2-3-8-4-6-9(7-5-8)11-10(12)13/h2,8-9,11H,1,3-7H2,(H,12,13). The van der Waals surface area contributed by atoms with Crippen molar-refractivity contribution in [3.63, 3.8) is 0 Å². The molecule has 3 nitrogen and oxygen atoms in total. The molecule has 0 bridgehead atoms. The lowest BCUT2D eigenvalue weighted by Crippen LogP contribution is -2.36. The smallest absolute Gasteiger partial charge is 0.404 e. The second-order valence-corrected chi connectivity index (χ2v) is 3.69. The lowest BCUT2D eigenvalue weighted by Gasteiger charge is -2.27. The van der Waals surface area contributed by atoms with E-state index in [-0.39, 0.29) is 6.04 Å². The van der Waals surface area contributed by atoms with E-state index in [0.29, 0.717) is 0 Å². The molecule has 0 unspecified atom stereocenters. The topological polar surface area (TPSA) is 49.3 Å². The highest BCUT2D eigenvalue weighted by atomic mass is 16.4. The molecule has 1 amide bonds. The zero-order valence-electron chi connectivity index (χ0n) is 7.83. The van der Waals surface area contributed by atoms with E-state index in [4.69, 9.17) is 5.11 Å². The van der Waals surface area contributed by atoms with E-state index in [1.54, 1.807) is 0 Å². The highest BCUT2D eigenvalue weighted by Gasteiger charge is 2.20. The van der Waals surface area contributed by atoms with Crippen LogP contribution in [0.4, 0.5) is 4.79 Å². The number of hydrogen-bond acceptors (Lipinski definition) is 1. The van der Waals surface area contributed by atoms with Gasteiger partial charge in [-0.05, 0) is 38.0 Å². The Bertz CT molecular complexity index is 183. The van der Waals surface area contributed by atoms with Crippen LogP contribution in [0.15, 0.2) is 12.7 Å². The minimum Gasteiger partial charge on any atom is -0.465 e. The Morgan fingerprint density at radius 1 is 1.46 bits per heavy atom. The number of carboxylic acid groups (broad SMARTS) is 1. The maximum absolute atomic E-state index is 10.3. The molecule has 1 aliphatic rings. The van der Waals surface area contributed by atoms with Gasteiger partial charge in [0.05, 0.1) is 0 Å². The Hall–Kier alpha value is -0.990. The predicted octanol–water partition coefficient (Wildman–Crippen LogP) is 2.39. The van der Waals surface area contributed by atoms with Crippen LogP contribution in [0.3, 0.4) is 0 Å². The number of allylic oxidation sites excluding steroid dienone is 1. The molecule has 0 aromatic carbocycles. The summed E-state index contributed by atoms with van der Waals surface area (Å²) in [4.78, 5) is 10.3. The van der Waals surface area contributed by atoms with Crippen molar-refractivity contribution in [2.75, 3.05) is 0 Å². The Kier molecular flexibility index (Phi) is 3.80. The fourth-order valence-electron chi connectivity index (χ4n) is 1.95. The Morgan fingerprint density at radius 3 is 2.54 bits per heavy atom. The highest BCUT2D eigenvalue weighted by Crippen LogP contribution is 2.26. The van der Waals surface area contributed by atoms with E-state index in [1.165, 1.54) is 0 Å². The zero-order chi connectivity index (χ0) is 9.68. The molecular formula is C10H17NO2. The molecule has 0 aromatic heterocycles. The normalized spacial score (nSPS) is 28.0. The van der Waals surface area contributed by atoms with Crippen LogP contribution in [-0.2, 0) is 0 Å². The average Bonchev–Trinajstić information content (AvgIpc) is 2.08. The second kappa shape index (κ2) is 4.90. The van der Waals surface area contributed by atoms with Crippen LogP contribution in [0.5, 0.6) is 0 Å². The fraction of sp³-hybridized carbons (Fsp3) is 0.700. The van der Waals surface area contributed by atoms with Crippen LogP contribution in [-0.4, -0.2) is 17.2 Å². The van der Waals surface area contributed by atoms with E-state index in [9.17, 15) is 4.79 Å². The first-order chi connectivity index (χ1) is 6.22. The third-order valence-corrected chi connectivity index (χ3v) is 2.67. The monoisotopic (exact) mass is 183 g/mol. The van der Waals surface area contributed by atoms with Crippen molar-refractivity contribution in [2.24, 2.45) is 5.92 Å². The summed E-state index contributed by atoms with van der Waals surface area (Å²) in [5, 5.41) is 11.0. The molecule has 0 spiro atoms. The lowest BCUT2D eigenvalue weighted by molar-refractivity contribution is 0.182. The van der Waals surface area contributed by atoms with E-state index in [1.807, 2.05) is 6.08 Å². The average molecular weight is 183 g/mol. The van der Waals surface area contributed by atoms with Crippen molar-refractivity contribution in [3.8, 4) is 0 Å². The van der Waals surface area contributed by atoms with Crippen molar-refractivity contribution >= 4 is 6.09 Å². The van der Waals surface area contributed by atoms with Gasteiger partial charge in [-0.3, -0.25) is 0 Å². The molecule has 1 rings (SSSR count). The number of hydrogen-bond donors (Lipinski definition) is 2.